The molecule has 0 unspecified atom stereocenters. The van der Waals surface area contributed by atoms with Gasteiger partial charge >= 0.3 is 0 Å². The molecule has 3 rings (SSSR count). The Hall–Kier alpha value is -3.79. The lowest BCUT2D eigenvalue weighted by atomic mass is 10.2. The van der Waals surface area contributed by atoms with Gasteiger partial charge in [0.15, 0.2) is 0 Å². The normalized spacial score (nSPS) is 9.88. The third kappa shape index (κ3) is 4.36. The van der Waals surface area contributed by atoms with Crippen LogP contribution in [0.1, 0.15) is 21.6 Å². The fraction of sp³-hybridized carbons (Fsp3) is 0.0556. The molecule has 1 amide bonds. The number of pyridine rings is 1. The topological polar surface area (TPSA) is 104 Å². The molecule has 25 heavy (non-hydrogen) atoms. The van der Waals surface area contributed by atoms with E-state index in [1.165, 1.54) is 6.33 Å². The van der Waals surface area contributed by atoms with E-state index in [1.807, 2.05) is 12.1 Å². The Morgan fingerprint density at radius 2 is 2.00 bits per heavy atom. The van der Waals surface area contributed by atoms with E-state index in [0.29, 0.717) is 17.9 Å². The van der Waals surface area contributed by atoms with Gasteiger partial charge in [0, 0.05) is 30.7 Å². The van der Waals surface area contributed by atoms with Crippen molar-refractivity contribution in [3.05, 3.63) is 78.0 Å². The summed E-state index contributed by atoms with van der Waals surface area (Å²) < 4.78 is 0. The highest BCUT2D eigenvalue weighted by Crippen LogP contribution is 2.15. The molecule has 122 valence electrons. The summed E-state index contributed by atoms with van der Waals surface area (Å²) in [5, 5.41) is 14.7. The van der Waals surface area contributed by atoms with Crippen LogP contribution in [0.25, 0.3) is 0 Å². The number of amides is 1. The first-order valence-electron chi connectivity index (χ1n) is 7.51. The molecule has 1 aromatic carbocycles. The summed E-state index contributed by atoms with van der Waals surface area (Å²) in [6, 6.07) is 14.2. The molecule has 0 radical (unpaired) electrons. The number of carbonyl (C=O) groups is 1. The molecular formula is C18H14N6O. The summed E-state index contributed by atoms with van der Waals surface area (Å²) in [7, 11) is 0. The average molecular weight is 330 g/mol. The van der Waals surface area contributed by atoms with Crippen LogP contribution in [-0.2, 0) is 6.54 Å². The van der Waals surface area contributed by atoms with E-state index < -0.39 is 0 Å². The van der Waals surface area contributed by atoms with E-state index in [1.54, 1.807) is 42.7 Å². The standard InChI is InChI=1S/C18H14N6O/c19-9-13-3-5-15(6-4-13)24-17-8-16(22-12-23-17)18(25)21-11-14-2-1-7-20-10-14/h1-8,10,12H,11H2,(H,21,25)(H,22,23,24). The SMILES string of the molecule is N#Cc1ccc(Nc2cc(C(=O)NCc3cccnc3)ncn2)cc1. The number of nitriles is 1. The van der Waals surface area contributed by atoms with E-state index >= 15 is 0 Å². The first-order valence-corrected chi connectivity index (χ1v) is 7.51. The molecule has 2 N–H and O–H groups in total. The lowest BCUT2D eigenvalue weighted by Gasteiger charge is -2.08. The summed E-state index contributed by atoms with van der Waals surface area (Å²) in [6.07, 6.45) is 4.69. The van der Waals surface area contributed by atoms with Crippen LogP contribution in [0.5, 0.6) is 0 Å². The number of benzene rings is 1. The third-order valence-electron chi connectivity index (χ3n) is 3.36. The van der Waals surface area contributed by atoms with Crippen LogP contribution in [0.15, 0.2) is 61.2 Å². The summed E-state index contributed by atoms with van der Waals surface area (Å²) in [5.41, 5.74) is 2.50. The van der Waals surface area contributed by atoms with Gasteiger partial charge in [0.2, 0.25) is 0 Å². The van der Waals surface area contributed by atoms with Crippen LogP contribution < -0.4 is 10.6 Å². The van der Waals surface area contributed by atoms with Gasteiger partial charge in [-0.05, 0) is 35.9 Å². The molecule has 2 aromatic heterocycles. The maximum absolute atomic E-state index is 12.2. The molecule has 0 spiro atoms. The van der Waals surface area contributed by atoms with Crippen LogP contribution in [-0.4, -0.2) is 20.9 Å². The van der Waals surface area contributed by atoms with E-state index in [9.17, 15) is 4.79 Å². The summed E-state index contributed by atoms with van der Waals surface area (Å²) in [5.74, 6) is 0.195. The van der Waals surface area contributed by atoms with Crippen molar-refractivity contribution >= 4 is 17.4 Å². The zero-order valence-corrected chi connectivity index (χ0v) is 13.2. The lowest BCUT2D eigenvalue weighted by molar-refractivity contribution is 0.0945. The smallest absolute Gasteiger partial charge is 0.270 e. The monoisotopic (exact) mass is 330 g/mol. The van der Waals surface area contributed by atoms with Gasteiger partial charge in [0.05, 0.1) is 11.6 Å². The Bertz CT molecular complexity index is 903. The third-order valence-corrected chi connectivity index (χ3v) is 3.36. The van der Waals surface area contributed by atoms with Crippen LogP contribution in [0, 0.1) is 11.3 Å². The first-order chi connectivity index (χ1) is 12.2. The quantitative estimate of drug-likeness (QED) is 0.744. The van der Waals surface area contributed by atoms with Gasteiger partial charge in [0.25, 0.3) is 5.91 Å². The van der Waals surface area contributed by atoms with E-state index in [2.05, 4.69) is 31.7 Å². The second kappa shape index (κ2) is 7.66. The van der Waals surface area contributed by atoms with Gasteiger partial charge in [-0.15, -0.1) is 0 Å². The first kappa shape index (κ1) is 16.1. The largest absolute Gasteiger partial charge is 0.347 e. The van der Waals surface area contributed by atoms with E-state index in [-0.39, 0.29) is 11.6 Å². The van der Waals surface area contributed by atoms with Crippen molar-refractivity contribution in [1.29, 1.82) is 5.26 Å². The zero-order valence-electron chi connectivity index (χ0n) is 13.2. The lowest BCUT2D eigenvalue weighted by Crippen LogP contribution is -2.24. The van der Waals surface area contributed by atoms with Crippen molar-refractivity contribution in [2.45, 2.75) is 6.54 Å². The van der Waals surface area contributed by atoms with Crippen molar-refractivity contribution in [1.82, 2.24) is 20.3 Å². The Balaban J connectivity index is 1.66. The summed E-state index contributed by atoms with van der Waals surface area (Å²) in [4.78, 5) is 24.3. The van der Waals surface area contributed by atoms with Crippen molar-refractivity contribution in [2.24, 2.45) is 0 Å². The molecule has 0 atom stereocenters. The number of hydrogen-bond donors (Lipinski definition) is 2. The van der Waals surface area contributed by atoms with Crippen LogP contribution in [0.4, 0.5) is 11.5 Å². The fourth-order valence-electron chi connectivity index (χ4n) is 2.10. The molecular weight excluding hydrogens is 316 g/mol. The zero-order chi connectivity index (χ0) is 17.5. The van der Waals surface area contributed by atoms with Gasteiger partial charge < -0.3 is 10.6 Å². The molecule has 0 fully saturated rings. The van der Waals surface area contributed by atoms with Gasteiger partial charge in [0.1, 0.15) is 17.8 Å². The molecule has 0 saturated heterocycles. The van der Waals surface area contributed by atoms with Crippen molar-refractivity contribution in [2.75, 3.05) is 5.32 Å². The maximum Gasteiger partial charge on any atom is 0.270 e. The van der Waals surface area contributed by atoms with E-state index in [0.717, 1.165) is 11.3 Å². The van der Waals surface area contributed by atoms with Crippen molar-refractivity contribution in [3.63, 3.8) is 0 Å². The molecule has 2 heterocycles. The minimum Gasteiger partial charge on any atom is -0.347 e. The number of anilines is 2. The average Bonchev–Trinajstić information content (AvgIpc) is 2.68. The van der Waals surface area contributed by atoms with Gasteiger partial charge in [-0.2, -0.15) is 5.26 Å². The van der Waals surface area contributed by atoms with Crippen LogP contribution in [0.3, 0.4) is 0 Å². The molecule has 0 aliphatic carbocycles. The number of rotatable bonds is 5. The summed E-state index contributed by atoms with van der Waals surface area (Å²) >= 11 is 0. The minimum absolute atomic E-state index is 0.259. The molecule has 0 aliphatic rings. The Labute approximate surface area is 144 Å². The van der Waals surface area contributed by atoms with Crippen molar-refractivity contribution in [3.8, 4) is 6.07 Å². The Kier molecular flexibility index (Phi) is 4.93. The fourth-order valence-corrected chi connectivity index (χ4v) is 2.10. The highest BCUT2D eigenvalue weighted by Gasteiger charge is 2.09. The Morgan fingerprint density at radius 1 is 1.16 bits per heavy atom. The van der Waals surface area contributed by atoms with Gasteiger partial charge in [-0.3, -0.25) is 9.78 Å². The maximum atomic E-state index is 12.2. The Morgan fingerprint density at radius 3 is 2.72 bits per heavy atom. The molecule has 0 saturated carbocycles. The highest BCUT2D eigenvalue weighted by molar-refractivity contribution is 5.92. The second-order valence-corrected chi connectivity index (χ2v) is 5.15. The minimum atomic E-state index is -0.297. The van der Waals surface area contributed by atoms with Crippen LogP contribution >= 0.6 is 0 Å². The van der Waals surface area contributed by atoms with Gasteiger partial charge in [-0.1, -0.05) is 6.07 Å². The molecule has 0 aliphatic heterocycles. The predicted molar refractivity (Wildman–Crippen MR) is 91.9 cm³/mol. The van der Waals surface area contributed by atoms with Gasteiger partial charge in [-0.25, -0.2) is 9.97 Å². The molecule has 0 bridgehead atoms. The number of carbonyl (C=O) groups excluding carboxylic acids is 1. The number of aromatic nitrogens is 3. The second-order valence-electron chi connectivity index (χ2n) is 5.15. The number of nitrogens with one attached hydrogen (secondary N) is 2. The number of nitrogens with zero attached hydrogens (tertiary/aromatic N) is 4. The van der Waals surface area contributed by atoms with Crippen molar-refractivity contribution < 1.29 is 4.79 Å². The molecule has 7 nitrogen and oxygen atoms in total. The predicted octanol–water partition coefficient (Wildman–Crippen LogP) is 2.42. The molecule has 7 heteroatoms. The summed E-state index contributed by atoms with van der Waals surface area (Å²) in [6.45, 7) is 0.370. The van der Waals surface area contributed by atoms with E-state index in [4.69, 9.17) is 5.26 Å². The van der Waals surface area contributed by atoms with Crippen LogP contribution in [0.2, 0.25) is 0 Å². The highest BCUT2D eigenvalue weighted by atomic mass is 16.1. The molecule has 3 aromatic rings. The number of hydrogen-bond acceptors (Lipinski definition) is 6.